The van der Waals surface area contributed by atoms with Crippen LogP contribution in [0.4, 0.5) is 4.39 Å². The maximum atomic E-state index is 13.8. The maximum Gasteiger partial charge on any atom is 0.128 e. The Morgan fingerprint density at radius 3 is 2.67 bits per heavy atom. The van der Waals surface area contributed by atoms with Gasteiger partial charge in [-0.2, -0.15) is 0 Å². The molecule has 3 nitrogen and oxygen atoms in total. The number of halogens is 1. The molecule has 1 unspecified atom stereocenters. The van der Waals surface area contributed by atoms with Crippen LogP contribution in [0.15, 0.2) is 18.2 Å². The fourth-order valence-corrected chi connectivity index (χ4v) is 1.86. The molecule has 0 radical (unpaired) electrons. The first-order chi connectivity index (χ1) is 8.43. The van der Waals surface area contributed by atoms with Crippen LogP contribution in [-0.4, -0.2) is 24.3 Å². The van der Waals surface area contributed by atoms with Crippen LogP contribution in [0.25, 0.3) is 0 Å². The molecule has 0 saturated heterocycles. The molecule has 0 heterocycles. The van der Waals surface area contributed by atoms with Gasteiger partial charge in [-0.25, -0.2) is 4.39 Å². The van der Waals surface area contributed by atoms with Gasteiger partial charge in [-0.15, -0.1) is 0 Å². The Balaban J connectivity index is 2.70. The minimum Gasteiger partial charge on any atom is -0.384 e. The number of nitrogens with two attached hydrogens (primary N) is 1. The Labute approximate surface area is 108 Å². The van der Waals surface area contributed by atoms with Gasteiger partial charge in [-0.1, -0.05) is 32.4 Å². The van der Waals surface area contributed by atoms with Crippen molar-refractivity contribution in [1.29, 1.82) is 5.41 Å². The fourth-order valence-electron chi connectivity index (χ4n) is 1.86. The number of amidine groups is 1. The maximum absolute atomic E-state index is 13.8. The molecule has 1 aromatic rings. The van der Waals surface area contributed by atoms with Gasteiger partial charge in [0, 0.05) is 24.2 Å². The summed E-state index contributed by atoms with van der Waals surface area (Å²) in [6.45, 7) is 5.87. The number of nitrogens with zero attached hydrogens (tertiary/aromatic N) is 1. The molecule has 0 saturated carbocycles. The lowest BCUT2D eigenvalue weighted by molar-refractivity contribution is 0.272. The summed E-state index contributed by atoms with van der Waals surface area (Å²) in [7, 11) is 1.99. The largest absolute Gasteiger partial charge is 0.384 e. The predicted molar refractivity (Wildman–Crippen MR) is 73.2 cm³/mol. The highest BCUT2D eigenvalue weighted by Crippen LogP contribution is 2.13. The van der Waals surface area contributed by atoms with Crippen LogP contribution in [0, 0.1) is 17.1 Å². The topological polar surface area (TPSA) is 53.1 Å². The van der Waals surface area contributed by atoms with Crippen molar-refractivity contribution in [3.63, 3.8) is 0 Å². The van der Waals surface area contributed by atoms with Crippen LogP contribution in [-0.2, 0) is 6.54 Å². The van der Waals surface area contributed by atoms with Gasteiger partial charge < -0.3 is 10.6 Å². The molecule has 0 aliphatic carbocycles. The number of nitrogens with one attached hydrogen (secondary N) is 1. The summed E-state index contributed by atoms with van der Waals surface area (Å²) >= 11 is 0. The standard InChI is InChI=1S/C14H22FN3/c1-4-10(2)8-18(3)9-12-6-5-11(14(16)17)7-13(12)15/h5-7,10H,4,8-9H2,1-3H3,(H3,16,17). The van der Waals surface area contributed by atoms with E-state index in [9.17, 15) is 4.39 Å². The van der Waals surface area contributed by atoms with Crippen molar-refractivity contribution in [3.8, 4) is 0 Å². The van der Waals surface area contributed by atoms with Crippen molar-refractivity contribution in [3.05, 3.63) is 35.1 Å². The number of nitrogen functional groups attached to an aromatic ring is 1. The number of rotatable bonds is 6. The van der Waals surface area contributed by atoms with E-state index in [4.69, 9.17) is 11.1 Å². The van der Waals surface area contributed by atoms with Gasteiger partial charge in [0.1, 0.15) is 11.7 Å². The average Bonchev–Trinajstić information content (AvgIpc) is 2.31. The minimum atomic E-state index is -0.293. The Hall–Kier alpha value is -1.42. The smallest absolute Gasteiger partial charge is 0.128 e. The van der Waals surface area contributed by atoms with E-state index in [2.05, 4.69) is 18.7 Å². The second-order valence-corrected chi connectivity index (χ2v) is 4.93. The van der Waals surface area contributed by atoms with E-state index in [1.165, 1.54) is 6.07 Å². The molecule has 0 amide bonds. The summed E-state index contributed by atoms with van der Waals surface area (Å²) in [5.41, 5.74) is 6.40. The molecule has 1 aromatic carbocycles. The van der Waals surface area contributed by atoms with Crippen LogP contribution in [0.2, 0.25) is 0 Å². The lowest BCUT2D eigenvalue weighted by Crippen LogP contribution is -2.24. The zero-order valence-corrected chi connectivity index (χ0v) is 11.3. The third-order valence-corrected chi connectivity index (χ3v) is 3.12. The van der Waals surface area contributed by atoms with E-state index in [-0.39, 0.29) is 11.7 Å². The molecule has 0 aliphatic heterocycles. The first kappa shape index (κ1) is 14.6. The molecule has 0 fully saturated rings. The van der Waals surface area contributed by atoms with Crippen molar-refractivity contribution >= 4 is 5.84 Å². The second kappa shape index (κ2) is 6.50. The van der Waals surface area contributed by atoms with Crippen LogP contribution >= 0.6 is 0 Å². The van der Waals surface area contributed by atoms with Gasteiger partial charge in [0.05, 0.1) is 0 Å². The Kier molecular flexibility index (Phi) is 5.28. The van der Waals surface area contributed by atoms with Gasteiger partial charge >= 0.3 is 0 Å². The summed E-state index contributed by atoms with van der Waals surface area (Å²) in [6.07, 6.45) is 1.12. The van der Waals surface area contributed by atoms with Crippen molar-refractivity contribution < 1.29 is 4.39 Å². The molecule has 0 bridgehead atoms. The fraction of sp³-hybridized carbons (Fsp3) is 0.500. The van der Waals surface area contributed by atoms with Crippen molar-refractivity contribution in [2.24, 2.45) is 11.7 Å². The molecule has 4 heteroatoms. The third kappa shape index (κ3) is 4.11. The Morgan fingerprint density at radius 1 is 1.50 bits per heavy atom. The first-order valence-corrected chi connectivity index (χ1v) is 6.25. The molecular formula is C14H22FN3. The highest BCUT2D eigenvalue weighted by molar-refractivity contribution is 5.94. The van der Waals surface area contributed by atoms with Crippen LogP contribution in [0.1, 0.15) is 31.4 Å². The molecule has 100 valence electrons. The Morgan fingerprint density at radius 2 is 2.17 bits per heavy atom. The van der Waals surface area contributed by atoms with E-state index in [0.29, 0.717) is 23.6 Å². The van der Waals surface area contributed by atoms with Crippen LogP contribution in [0.3, 0.4) is 0 Å². The zero-order chi connectivity index (χ0) is 13.7. The molecule has 1 atom stereocenters. The molecule has 0 spiro atoms. The second-order valence-electron chi connectivity index (χ2n) is 4.93. The first-order valence-electron chi connectivity index (χ1n) is 6.25. The van der Waals surface area contributed by atoms with Gasteiger partial charge in [-0.05, 0) is 19.0 Å². The quantitative estimate of drug-likeness (QED) is 0.603. The van der Waals surface area contributed by atoms with Crippen LogP contribution < -0.4 is 5.73 Å². The van der Waals surface area contributed by atoms with Gasteiger partial charge in [0.25, 0.3) is 0 Å². The minimum absolute atomic E-state index is 0.103. The summed E-state index contributed by atoms with van der Waals surface area (Å²) in [6, 6.07) is 4.73. The van der Waals surface area contributed by atoms with E-state index in [1.54, 1.807) is 12.1 Å². The Bertz CT molecular complexity index is 418. The van der Waals surface area contributed by atoms with Gasteiger partial charge in [-0.3, -0.25) is 5.41 Å². The summed E-state index contributed by atoms with van der Waals surface area (Å²) in [5.74, 6) is 0.210. The molecule has 3 N–H and O–H groups in total. The predicted octanol–water partition coefficient (Wildman–Crippen LogP) is 2.59. The molecule has 0 aliphatic rings. The lowest BCUT2D eigenvalue weighted by Gasteiger charge is -2.20. The van der Waals surface area contributed by atoms with Crippen molar-refractivity contribution in [1.82, 2.24) is 4.90 Å². The SMILES string of the molecule is CCC(C)CN(C)Cc1ccc(C(=N)N)cc1F. The van der Waals surface area contributed by atoms with Gasteiger partial charge in [0.15, 0.2) is 0 Å². The van der Waals surface area contributed by atoms with Crippen molar-refractivity contribution in [2.45, 2.75) is 26.8 Å². The molecular weight excluding hydrogens is 229 g/mol. The number of benzene rings is 1. The number of hydrogen-bond donors (Lipinski definition) is 2. The third-order valence-electron chi connectivity index (χ3n) is 3.12. The van der Waals surface area contributed by atoms with Crippen LogP contribution in [0.5, 0.6) is 0 Å². The van der Waals surface area contributed by atoms with E-state index < -0.39 is 0 Å². The zero-order valence-electron chi connectivity index (χ0n) is 11.3. The molecule has 18 heavy (non-hydrogen) atoms. The highest BCUT2D eigenvalue weighted by atomic mass is 19.1. The lowest BCUT2D eigenvalue weighted by atomic mass is 10.1. The normalized spacial score (nSPS) is 12.7. The molecule has 0 aromatic heterocycles. The molecule has 1 rings (SSSR count). The monoisotopic (exact) mass is 251 g/mol. The summed E-state index contributed by atoms with van der Waals surface area (Å²) < 4.78 is 13.8. The summed E-state index contributed by atoms with van der Waals surface area (Å²) in [4.78, 5) is 2.11. The van der Waals surface area contributed by atoms with E-state index in [1.807, 2.05) is 7.05 Å². The van der Waals surface area contributed by atoms with E-state index in [0.717, 1.165) is 13.0 Å². The van der Waals surface area contributed by atoms with E-state index >= 15 is 0 Å². The van der Waals surface area contributed by atoms with Gasteiger partial charge in [0.2, 0.25) is 0 Å². The summed E-state index contributed by atoms with van der Waals surface area (Å²) in [5, 5.41) is 7.26. The number of hydrogen-bond acceptors (Lipinski definition) is 2. The average molecular weight is 251 g/mol. The highest BCUT2D eigenvalue weighted by Gasteiger charge is 2.09. The van der Waals surface area contributed by atoms with Crippen molar-refractivity contribution in [2.75, 3.05) is 13.6 Å².